The van der Waals surface area contributed by atoms with Crippen molar-refractivity contribution in [3.63, 3.8) is 0 Å². The third-order valence-corrected chi connectivity index (χ3v) is 2.92. The van der Waals surface area contributed by atoms with E-state index < -0.39 is 0 Å². The highest BCUT2D eigenvalue weighted by molar-refractivity contribution is 5.58. The minimum Gasteiger partial charge on any atom is -0.495 e. The molecule has 0 saturated carbocycles. The SMILES string of the molecule is COc1ccccc1N(C)C(CO)C(C)C. The van der Waals surface area contributed by atoms with E-state index in [1.807, 2.05) is 31.3 Å². The summed E-state index contributed by atoms with van der Waals surface area (Å²) >= 11 is 0. The van der Waals surface area contributed by atoms with Crippen molar-refractivity contribution >= 4 is 5.69 Å². The number of hydrogen-bond acceptors (Lipinski definition) is 3. The van der Waals surface area contributed by atoms with Gasteiger partial charge < -0.3 is 14.7 Å². The number of aliphatic hydroxyl groups is 1. The molecule has 0 bridgehead atoms. The molecule has 1 N–H and O–H groups in total. The molecule has 90 valence electrons. The van der Waals surface area contributed by atoms with Crippen molar-refractivity contribution in [1.82, 2.24) is 0 Å². The Bertz CT molecular complexity index is 325. The quantitative estimate of drug-likeness (QED) is 0.830. The van der Waals surface area contributed by atoms with Crippen LogP contribution in [0.4, 0.5) is 5.69 Å². The van der Waals surface area contributed by atoms with Crippen LogP contribution in [-0.4, -0.2) is 31.9 Å². The van der Waals surface area contributed by atoms with Crippen molar-refractivity contribution in [2.75, 3.05) is 25.7 Å². The van der Waals surface area contributed by atoms with E-state index in [9.17, 15) is 5.11 Å². The number of para-hydroxylation sites is 2. The predicted molar refractivity (Wildman–Crippen MR) is 67.1 cm³/mol. The summed E-state index contributed by atoms with van der Waals surface area (Å²) in [7, 11) is 3.65. The lowest BCUT2D eigenvalue weighted by atomic mass is 10.0. The molecule has 0 amide bonds. The van der Waals surface area contributed by atoms with E-state index in [4.69, 9.17) is 4.74 Å². The molecule has 0 aliphatic carbocycles. The van der Waals surface area contributed by atoms with Gasteiger partial charge in [0.2, 0.25) is 0 Å². The van der Waals surface area contributed by atoms with Crippen LogP contribution in [0.3, 0.4) is 0 Å². The number of hydrogen-bond donors (Lipinski definition) is 1. The summed E-state index contributed by atoms with van der Waals surface area (Å²) in [5, 5.41) is 9.41. The van der Waals surface area contributed by atoms with Crippen LogP contribution in [0.2, 0.25) is 0 Å². The van der Waals surface area contributed by atoms with Gasteiger partial charge in [-0.3, -0.25) is 0 Å². The van der Waals surface area contributed by atoms with Gasteiger partial charge in [0, 0.05) is 7.05 Å². The average molecular weight is 223 g/mol. The van der Waals surface area contributed by atoms with Crippen LogP contribution < -0.4 is 9.64 Å². The first kappa shape index (κ1) is 12.8. The molecule has 0 fully saturated rings. The molecule has 0 heterocycles. The number of likely N-dealkylation sites (N-methyl/N-ethyl adjacent to an activating group) is 1. The number of anilines is 1. The van der Waals surface area contributed by atoms with Gasteiger partial charge in [-0.2, -0.15) is 0 Å². The zero-order valence-corrected chi connectivity index (χ0v) is 10.5. The second kappa shape index (κ2) is 5.75. The van der Waals surface area contributed by atoms with Crippen molar-refractivity contribution in [2.24, 2.45) is 5.92 Å². The van der Waals surface area contributed by atoms with Gasteiger partial charge >= 0.3 is 0 Å². The van der Waals surface area contributed by atoms with Gasteiger partial charge in [-0.25, -0.2) is 0 Å². The summed E-state index contributed by atoms with van der Waals surface area (Å²) in [4.78, 5) is 2.07. The second-order valence-corrected chi connectivity index (χ2v) is 4.28. The van der Waals surface area contributed by atoms with Gasteiger partial charge in [-0.05, 0) is 18.1 Å². The maximum atomic E-state index is 9.41. The Morgan fingerprint density at radius 3 is 2.44 bits per heavy atom. The van der Waals surface area contributed by atoms with Crippen LogP contribution in [-0.2, 0) is 0 Å². The molecule has 1 rings (SSSR count). The Morgan fingerprint density at radius 1 is 1.31 bits per heavy atom. The van der Waals surface area contributed by atoms with Crippen molar-refractivity contribution < 1.29 is 9.84 Å². The van der Waals surface area contributed by atoms with E-state index in [2.05, 4.69) is 18.7 Å². The van der Waals surface area contributed by atoms with Gasteiger partial charge in [0.25, 0.3) is 0 Å². The van der Waals surface area contributed by atoms with Crippen LogP contribution in [0.5, 0.6) is 5.75 Å². The topological polar surface area (TPSA) is 32.7 Å². The number of nitrogens with zero attached hydrogens (tertiary/aromatic N) is 1. The first-order valence-corrected chi connectivity index (χ1v) is 5.58. The summed E-state index contributed by atoms with van der Waals surface area (Å²) in [6.45, 7) is 4.35. The van der Waals surface area contributed by atoms with Crippen molar-refractivity contribution in [3.8, 4) is 5.75 Å². The molecule has 0 aliphatic heterocycles. The molecule has 1 unspecified atom stereocenters. The fourth-order valence-electron chi connectivity index (χ4n) is 1.88. The van der Waals surface area contributed by atoms with E-state index in [-0.39, 0.29) is 12.6 Å². The highest BCUT2D eigenvalue weighted by Crippen LogP contribution is 2.29. The highest BCUT2D eigenvalue weighted by atomic mass is 16.5. The van der Waals surface area contributed by atoms with Crippen LogP contribution in [0.15, 0.2) is 24.3 Å². The lowest BCUT2D eigenvalue weighted by Gasteiger charge is -2.32. The average Bonchev–Trinajstić information content (AvgIpc) is 2.29. The molecule has 1 atom stereocenters. The van der Waals surface area contributed by atoms with Crippen molar-refractivity contribution in [3.05, 3.63) is 24.3 Å². The first-order valence-electron chi connectivity index (χ1n) is 5.58. The van der Waals surface area contributed by atoms with Crippen LogP contribution >= 0.6 is 0 Å². The van der Waals surface area contributed by atoms with Gasteiger partial charge in [-0.15, -0.1) is 0 Å². The van der Waals surface area contributed by atoms with E-state index in [1.165, 1.54) is 0 Å². The molecule has 1 aromatic rings. The molecule has 3 heteroatoms. The van der Waals surface area contributed by atoms with Crippen molar-refractivity contribution in [2.45, 2.75) is 19.9 Å². The molecule has 1 aromatic carbocycles. The minimum absolute atomic E-state index is 0.108. The number of benzene rings is 1. The number of rotatable bonds is 5. The summed E-state index contributed by atoms with van der Waals surface area (Å²) in [5.41, 5.74) is 1.01. The summed E-state index contributed by atoms with van der Waals surface area (Å²) < 4.78 is 5.32. The molecular formula is C13H21NO2. The molecule has 16 heavy (non-hydrogen) atoms. The van der Waals surface area contributed by atoms with Gasteiger partial charge in [0.1, 0.15) is 5.75 Å². The minimum atomic E-state index is 0.108. The first-order chi connectivity index (χ1) is 7.61. The van der Waals surface area contributed by atoms with E-state index in [0.29, 0.717) is 5.92 Å². The number of aliphatic hydroxyl groups excluding tert-OH is 1. The number of ether oxygens (including phenoxy) is 1. The Labute approximate surface area is 97.7 Å². The third-order valence-electron chi connectivity index (χ3n) is 2.92. The summed E-state index contributed by atoms with van der Waals surface area (Å²) in [6, 6.07) is 7.96. The Morgan fingerprint density at radius 2 is 1.94 bits per heavy atom. The van der Waals surface area contributed by atoms with E-state index >= 15 is 0 Å². The zero-order valence-electron chi connectivity index (χ0n) is 10.5. The predicted octanol–water partition coefficient (Wildman–Crippen LogP) is 2.15. The molecule has 3 nitrogen and oxygen atoms in total. The van der Waals surface area contributed by atoms with E-state index in [1.54, 1.807) is 7.11 Å². The monoisotopic (exact) mass is 223 g/mol. The Balaban J connectivity index is 2.98. The largest absolute Gasteiger partial charge is 0.495 e. The smallest absolute Gasteiger partial charge is 0.142 e. The highest BCUT2D eigenvalue weighted by Gasteiger charge is 2.20. The van der Waals surface area contributed by atoms with Crippen LogP contribution in [0, 0.1) is 5.92 Å². The fraction of sp³-hybridized carbons (Fsp3) is 0.538. The molecule has 0 aliphatic rings. The molecule has 0 aromatic heterocycles. The Kier molecular flexibility index (Phi) is 4.62. The van der Waals surface area contributed by atoms with Crippen LogP contribution in [0.1, 0.15) is 13.8 Å². The van der Waals surface area contributed by atoms with Crippen molar-refractivity contribution in [1.29, 1.82) is 0 Å². The van der Waals surface area contributed by atoms with Gasteiger partial charge in [0.05, 0.1) is 25.4 Å². The third kappa shape index (κ3) is 2.67. The fourth-order valence-corrected chi connectivity index (χ4v) is 1.88. The molecule has 0 radical (unpaired) electrons. The van der Waals surface area contributed by atoms with E-state index in [0.717, 1.165) is 11.4 Å². The van der Waals surface area contributed by atoms with Gasteiger partial charge in [-0.1, -0.05) is 26.0 Å². The lowest BCUT2D eigenvalue weighted by molar-refractivity contribution is 0.233. The molecule has 0 saturated heterocycles. The summed E-state index contributed by atoms with van der Waals surface area (Å²) in [6.07, 6.45) is 0. The normalized spacial score (nSPS) is 12.6. The van der Waals surface area contributed by atoms with Crippen LogP contribution in [0.25, 0.3) is 0 Å². The zero-order chi connectivity index (χ0) is 12.1. The maximum absolute atomic E-state index is 9.41. The lowest BCUT2D eigenvalue weighted by Crippen LogP contribution is -2.39. The molecular weight excluding hydrogens is 202 g/mol. The Hall–Kier alpha value is -1.22. The number of methoxy groups -OCH3 is 1. The van der Waals surface area contributed by atoms with Gasteiger partial charge in [0.15, 0.2) is 0 Å². The maximum Gasteiger partial charge on any atom is 0.142 e. The standard InChI is InChI=1S/C13H21NO2/c1-10(2)12(9-15)14(3)11-7-5-6-8-13(11)16-4/h5-8,10,12,15H,9H2,1-4H3. The summed E-state index contributed by atoms with van der Waals surface area (Å²) in [5.74, 6) is 1.23. The molecule has 0 spiro atoms. The second-order valence-electron chi connectivity index (χ2n) is 4.28.